The minimum atomic E-state index is -0.414. The summed E-state index contributed by atoms with van der Waals surface area (Å²) in [7, 11) is 0. The monoisotopic (exact) mass is 420 g/mol. The zero-order chi connectivity index (χ0) is 20.5. The third-order valence-corrected chi connectivity index (χ3v) is 4.53. The number of carbonyl (C=O) groups is 1. The Bertz CT molecular complexity index is 798. The van der Waals surface area contributed by atoms with Crippen molar-refractivity contribution in [2.75, 3.05) is 61.7 Å². The minimum Gasteiger partial charge on any atom is -0.487 e. The lowest BCUT2D eigenvalue weighted by Crippen LogP contribution is -2.36. The Hall–Kier alpha value is -2.55. The molecule has 0 aliphatic carbocycles. The molecule has 1 aromatic carbocycles. The van der Waals surface area contributed by atoms with Gasteiger partial charge in [-0.15, -0.1) is 0 Å². The molecule has 1 aliphatic rings. The van der Waals surface area contributed by atoms with Crippen LogP contribution in [0.5, 0.6) is 5.75 Å². The van der Waals surface area contributed by atoms with Gasteiger partial charge in [-0.05, 0) is 31.2 Å². The molecule has 2 heterocycles. The molecular formula is C20H25ClN4O4. The normalized spacial score (nSPS) is 13.8. The van der Waals surface area contributed by atoms with Gasteiger partial charge in [-0.3, -0.25) is 0 Å². The van der Waals surface area contributed by atoms with E-state index in [2.05, 4.69) is 20.5 Å². The first-order chi connectivity index (χ1) is 14.2. The molecule has 156 valence electrons. The van der Waals surface area contributed by atoms with Gasteiger partial charge in [0.2, 0.25) is 0 Å². The number of hydrogen-bond acceptors (Lipinski definition) is 6. The van der Waals surface area contributed by atoms with E-state index in [0.717, 1.165) is 18.9 Å². The number of halogens is 1. The summed E-state index contributed by atoms with van der Waals surface area (Å²) in [6, 6.07) is 8.45. The molecule has 2 amide bonds. The van der Waals surface area contributed by atoms with Crippen molar-refractivity contribution in [2.45, 2.75) is 6.92 Å². The second-order valence-corrected chi connectivity index (χ2v) is 6.65. The Kier molecular flexibility index (Phi) is 7.92. The molecular weight excluding hydrogens is 396 g/mol. The summed E-state index contributed by atoms with van der Waals surface area (Å²) in [5.74, 6) is 1.27. The van der Waals surface area contributed by atoms with Crippen LogP contribution < -0.4 is 20.3 Å². The van der Waals surface area contributed by atoms with Gasteiger partial charge in [0.15, 0.2) is 5.75 Å². The number of morpholine rings is 1. The van der Waals surface area contributed by atoms with Crippen LogP contribution in [0.25, 0.3) is 0 Å². The molecule has 0 bridgehead atoms. The summed E-state index contributed by atoms with van der Waals surface area (Å²) in [6.07, 6.45) is 1.63. The molecule has 1 aliphatic heterocycles. The number of anilines is 3. The number of nitrogens with one attached hydrogen (secondary N) is 2. The standard InChI is InChI=1S/C20H25ClN4O4/c1-2-27-12-13-29-19-16(21)4-3-5-17(19)24-20(26)23-15-6-7-18(22-14-15)25-8-10-28-11-9-25/h3-7,14H,2,8-13H2,1H3,(H2,23,24,26). The van der Waals surface area contributed by atoms with Gasteiger partial charge in [0, 0.05) is 19.7 Å². The summed E-state index contributed by atoms with van der Waals surface area (Å²) >= 11 is 6.22. The molecule has 0 saturated carbocycles. The van der Waals surface area contributed by atoms with Gasteiger partial charge in [-0.25, -0.2) is 9.78 Å². The number of hydrogen-bond donors (Lipinski definition) is 2. The number of para-hydroxylation sites is 1. The van der Waals surface area contributed by atoms with E-state index in [1.54, 1.807) is 24.4 Å². The zero-order valence-electron chi connectivity index (χ0n) is 16.3. The van der Waals surface area contributed by atoms with Crippen molar-refractivity contribution in [3.05, 3.63) is 41.6 Å². The van der Waals surface area contributed by atoms with Crippen molar-refractivity contribution in [1.29, 1.82) is 0 Å². The van der Waals surface area contributed by atoms with Crippen LogP contribution in [0.4, 0.5) is 22.0 Å². The number of nitrogens with zero attached hydrogens (tertiary/aromatic N) is 2. The number of pyridine rings is 1. The predicted molar refractivity (Wildman–Crippen MR) is 113 cm³/mol. The summed E-state index contributed by atoms with van der Waals surface area (Å²) in [5, 5.41) is 5.94. The van der Waals surface area contributed by atoms with Crippen molar-refractivity contribution >= 4 is 34.8 Å². The maximum Gasteiger partial charge on any atom is 0.323 e. The third-order valence-electron chi connectivity index (χ3n) is 4.23. The van der Waals surface area contributed by atoms with Crippen LogP contribution in [0, 0.1) is 0 Å². The third kappa shape index (κ3) is 6.22. The number of benzene rings is 1. The van der Waals surface area contributed by atoms with Crippen molar-refractivity contribution in [3.63, 3.8) is 0 Å². The van der Waals surface area contributed by atoms with Crippen LogP contribution in [-0.4, -0.2) is 57.1 Å². The van der Waals surface area contributed by atoms with E-state index in [0.29, 0.717) is 55.2 Å². The highest BCUT2D eigenvalue weighted by molar-refractivity contribution is 6.32. The Balaban J connectivity index is 1.58. The molecule has 29 heavy (non-hydrogen) atoms. The lowest BCUT2D eigenvalue weighted by Gasteiger charge is -2.27. The van der Waals surface area contributed by atoms with E-state index in [1.165, 1.54) is 0 Å². The molecule has 2 N–H and O–H groups in total. The van der Waals surface area contributed by atoms with Gasteiger partial charge in [-0.1, -0.05) is 17.7 Å². The Morgan fingerprint density at radius 2 is 2.03 bits per heavy atom. The molecule has 2 aromatic rings. The Morgan fingerprint density at radius 1 is 1.21 bits per heavy atom. The molecule has 0 radical (unpaired) electrons. The Labute approximate surface area is 175 Å². The molecule has 9 heteroatoms. The maximum atomic E-state index is 12.4. The van der Waals surface area contributed by atoms with Gasteiger partial charge in [-0.2, -0.15) is 0 Å². The first kappa shape index (κ1) is 21.2. The first-order valence-corrected chi connectivity index (χ1v) is 9.91. The molecule has 0 atom stereocenters. The molecule has 8 nitrogen and oxygen atoms in total. The summed E-state index contributed by atoms with van der Waals surface area (Å²) in [5.41, 5.74) is 1.06. The summed E-state index contributed by atoms with van der Waals surface area (Å²) < 4.78 is 16.3. The molecule has 0 spiro atoms. The van der Waals surface area contributed by atoms with Gasteiger partial charge in [0.25, 0.3) is 0 Å². The lowest BCUT2D eigenvalue weighted by molar-refractivity contribution is 0.110. The number of carbonyl (C=O) groups excluding carboxylic acids is 1. The molecule has 3 rings (SSSR count). The number of aromatic nitrogens is 1. The van der Waals surface area contributed by atoms with Crippen LogP contribution in [-0.2, 0) is 9.47 Å². The average Bonchev–Trinajstić information content (AvgIpc) is 2.74. The summed E-state index contributed by atoms with van der Waals surface area (Å²) in [4.78, 5) is 19.0. The highest BCUT2D eigenvalue weighted by Crippen LogP contribution is 2.33. The minimum absolute atomic E-state index is 0.334. The predicted octanol–water partition coefficient (Wildman–Crippen LogP) is 3.63. The topological polar surface area (TPSA) is 85.0 Å². The smallest absolute Gasteiger partial charge is 0.323 e. The lowest BCUT2D eigenvalue weighted by atomic mass is 10.3. The number of ether oxygens (including phenoxy) is 3. The van der Waals surface area contributed by atoms with Crippen molar-refractivity contribution in [2.24, 2.45) is 0 Å². The SMILES string of the molecule is CCOCCOc1c(Cl)cccc1NC(=O)Nc1ccc(N2CCOCC2)nc1. The van der Waals surface area contributed by atoms with Gasteiger partial charge in [0.05, 0.1) is 42.4 Å². The molecule has 0 unspecified atom stereocenters. The second-order valence-electron chi connectivity index (χ2n) is 6.25. The van der Waals surface area contributed by atoms with Crippen LogP contribution in [0.1, 0.15) is 6.92 Å². The summed E-state index contributed by atoms with van der Waals surface area (Å²) in [6.45, 7) is 6.29. The number of amides is 2. The first-order valence-electron chi connectivity index (χ1n) is 9.53. The molecule has 1 saturated heterocycles. The fourth-order valence-corrected chi connectivity index (χ4v) is 3.05. The van der Waals surface area contributed by atoms with E-state index >= 15 is 0 Å². The fraction of sp³-hybridized carbons (Fsp3) is 0.400. The van der Waals surface area contributed by atoms with Crippen LogP contribution in [0.15, 0.2) is 36.5 Å². The Morgan fingerprint density at radius 3 is 2.76 bits per heavy atom. The van der Waals surface area contributed by atoms with Gasteiger partial charge in [0.1, 0.15) is 12.4 Å². The molecule has 1 fully saturated rings. The maximum absolute atomic E-state index is 12.4. The zero-order valence-corrected chi connectivity index (χ0v) is 17.1. The van der Waals surface area contributed by atoms with Crippen LogP contribution in [0.2, 0.25) is 5.02 Å². The van der Waals surface area contributed by atoms with E-state index < -0.39 is 6.03 Å². The van der Waals surface area contributed by atoms with Crippen LogP contribution in [0.3, 0.4) is 0 Å². The van der Waals surface area contributed by atoms with E-state index in [4.69, 9.17) is 25.8 Å². The average molecular weight is 421 g/mol. The molecule has 1 aromatic heterocycles. The highest BCUT2D eigenvalue weighted by atomic mass is 35.5. The second kappa shape index (κ2) is 10.8. The quantitative estimate of drug-likeness (QED) is 0.634. The fourth-order valence-electron chi connectivity index (χ4n) is 2.83. The highest BCUT2D eigenvalue weighted by Gasteiger charge is 2.14. The van der Waals surface area contributed by atoms with E-state index in [1.807, 2.05) is 19.1 Å². The van der Waals surface area contributed by atoms with Gasteiger partial charge >= 0.3 is 6.03 Å². The number of urea groups is 1. The van der Waals surface area contributed by atoms with E-state index in [9.17, 15) is 4.79 Å². The number of rotatable bonds is 8. The van der Waals surface area contributed by atoms with E-state index in [-0.39, 0.29) is 0 Å². The van der Waals surface area contributed by atoms with Crippen molar-refractivity contribution < 1.29 is 19.0 Å². The van der Waals surface area contributed by atoms with Crippen molar-refractivity contribution in [3.8, 4) is 5.75 Å². The van der Waals surface area contributed by atoms with Gasteiger partial charge < -0.3 is 29.7 Å². The van der Waals surface area contributed by atoms with Crippen molar-refractivity contribution in [1.82, 2.24) is 4.98 Å². The van der Waals surface area contributed by atoms with Crippen LogP contribution >= 0.6 is 11.6 Å². The largest absolute Gasteiger partial charge is 0.487 e.